The van der Waals surface area contributed by atoms with Gasteiger partial charge in [-0.05, 0) is 43.4 Å². The molecule has 106 valence electrons. The Morgan fingerprint density at radius 3 is 2.25 bits per heavy atom. The molecule has 4 nitrogen and oxygen atoms in total. The second-order valence-electron chi connectivity index (χ2n) is 5.04. The van der Waals surface area contributed by atoms with Crippen LogP contribution in [0.4, 0.5) is 0 Å². The Hall–Kier alpha value is -2.10. The Kier molecular flexibility index (Phi) is 4.93. The van der Waals surface area contributed by atoms with E-state index in [1.165, 1.54) is 0 Å². The van der Waals surface area contributed by atoms with Crippen LogP contribution in [0, 0.1) is 5.92 Å². The molecule has 1 aromatic carbocycles. The number of benzene rings is 1. The predicted molar refractivity (Wildman–Crippen MR) is 76.3 cm³/mol. The smallest absolute Gasteiger partial charge is 0.335 e. The van der Waals surface area contributed by atoms with Crippen LogP contribution < -0.4 is 5.32 Å². The Morgan fingerprint density at radius 2 is 1.70 bits per heavy atom. The van der Waals surface area contributed by atoms with E-state index in [9.17, 15) is 9.59 Å². The lowest BCUT2D eigenvalue weighted by atomic mass is 9.99. The van der Waals surface area contributed by atoms with Crippen molar-refractivity contribution in [1.82, 2.24) is 5.32 Å². The fourth-order valence-electron chi connectivity index (χ4n) is 2.34. The lowest BCUT2D eigenvalue weighted by Gasteiger charge is -2.14. The van der Waals surface area contributed by atoms with E-state index in [1.807, 2.05) is 0 Å². The van der Waals surface area contributed by atoms with Gasteiger partial charge in [0, 0.05) is 12.5 Å². The van der Waals surface area contributed by atoms with Crippen molar-refractivity contribution in [3.8, 4) is 0 Å². The second-order valence-corrected chi connectivity index (χ2v) is 5.04. The summed E-state index contributed by atoms with van der Waals surface area (Å²) in [7, 11) is 0. The van der Waals surface area contributed by atoms with Gasteiger partial charge in [0.05, 0.1) is 5.56 Å². The van der Waals surface area contributed by atoms with Gasteiger partial charge in [0.15, 0.2) is 0 Å². The summed E-state index contributed by atoms with van der Waals surface area (Å²) in [6.07, 6.45) is 8.01. The highest BCUT2D eigenvalue weighted by Gasteiger charge is 2.17. The maximum Gasteiger partial charge on any atom is 0.335 e. The molecule has 0 saturated heterocycles. The topological polar surface area (TPSA) is 66.4 Å². The summed E-state index contributed by atoms with van der Waals surface area (Å²) < 4.78 is 0. The number of carbonyl (C=O) groups excluding carboxylic acids is 1. The third-order valence-corrected chi connectivity index (χ3v) is 3.57. The third-order valence-electron chi connectivity index (χ3n) is 3.57. The van der Waals surface area contributed by atoms with Crippen LogP contribution in [0.5, 0.6) is 0 Å². The largest absolute Gasteiger partial charge is 0.478 e. The van der Waals surface area contributed by atoms with E-state index in [-0.39, 0.29) is 17.4 Å². The summed E-state index contributed by atoms with van der Waals surface area (Å²) >= 11 is 0. The molecule has 2 rings (SSSR count). The average Bonchev–Trinajstić information content (AvgIpc) is 2.74. The zero-order valence-corrected chi connectivity index (χ0v) is 11.3. The Morgan fingerprint density at radius 1 is 1.10 bits per heavy atom. The molecular weight excluding hydrogens is 254 g/mol. The number of nitrogens with one attached hydrogen (secondary N) is 1. The van der Waals surface area contributed by atoms with Crippen molar-refractivity contribution >= 4 is 11.9 Å². The number of aromatic carboxylic acids is 1. The predicted octanol–water partition coefficient (Wildman–Crippen LogP) is 2.75. The fourth-order valence-corrected chi connectivity index (χ4v) is 2.34. The summed E-state index contributed by atoms with van der Waals surface area (Å²) in [4.78, 5) is 22.8. The molecule has 1 amide bonds. The maximum atomic E-state index is 12.1. The number of amides is 1. The summed E-state index contributed by atoms with van der Waals surface area (Å²) in [5, 5.41) is 11.7. The average molecular weight is 273 g/mol. The molecule has 0 aliphatic heterocycles. The van der Waals surface area contributed by atoms with Crippen LogP contribution in [0.1, 0.15) is 41.6 Å². The number of hydrogen-bond donors (Lipinski definition) is 2. The van der Waals surface area contributed by atoms with Gasteiger partial charge in [-0.1, -0.05) is 24.3 Å². The molecule has 20 heavy (non-hydrogen) atoms. The molecule has 0 fully saturated rings. The lowest BCUT2D eigenvalue weighted by Crippen LogP contribution is -2.30. The first-order valence-electron chi connectivity index (χ1n) is 6.92. The van der Waals surface area contributed by atoms with Crippen molar-refractivity contribution in [2.24, 2.45) is 5.92 Å². The lowest BCUT2D eigenvalue weighted by molar-refractivity contribution is -0.125. The molecular formula is C16H19NO3. The minimum Gasteiger partial charge on any atom is -0.478 e. The van der Waals surface area contributed by atoms with Gasteiger partial charge in [0.2, 0.25) is 5.91 Å². The van der Waals surface area contributed by atoms with Crippen molar-refractivity contribution in [3.05, 3.63) is 47.5 Å². The SMILES string of the molecule is O=C(O)c1ccc(CNC(=O)C2CCC=CCC2)cc1. The van der Waals surface area contributed by atoms with Crippen LogP contribution >= 0.6 is 0 Å². The summed E-state index contributed by atoms with van der Waals surface area (Å²) in [6, 6.07) is 6.58. The highest BCUT2D eigenvalue weighted by Crippen LogP contribution is 2.18. The highest BCUT2D eigenvalue weighted by molar-refractivity contribution is 5.87. The normalized spacial score (nSPS) is 15.6. The van der Waals surface area contributed by atoms with E-state index in [0.717, 1.165) is 31.2 Å². The third kappa shape index (κ3) is 3.95. The van der Waals surface area contributed by atoms with Gasteiger partial charge in [-0.15, -0.1) is 0 Å². The van der Waals surface area contributed by atoms with Crippen LogP contribution in [0.25, 0.3) is 0 Å². The van der Waals surface area contributed by atoms with Crippen molar-refractivity contribution < 1.29 is 14.7 Å². The second kappa shape index (κ2) is 6.89. The highest BCUT2D eigenvalue weighted by atomic mass is 16.4. The maximum absolute atomic E-state index is 12.1. The summed E-state index contributed by atoms with van der Waals surface area (Å²) in [5.74, 6) is -0.758. The first-order chi connectivity index (χ1) is 9.66. The first kappa shape index (κ1) is 14.3. The van der Waals surface area contributed by atoms with Crippen LogP contribution in [-0.2, 0) is 11.3 Å². The molecule has 0 spiro atoms. The van der Waals surface area contributed by atoms with Crippen molar-refractivity contribution in [3.63, 3.8) is 0 Å². The number of hydrogen-bond acceptors (Lipinski definition) is 2. The van der Waals surface area contributed by atoms with Gasteiger partial charge in [-0.3, -0.25) is 4.79 Å². The molecule has 0 radical (unpaired) electrons. The molecule has 1 aromatic rings. The molecule has 0 saturated carbocycles. The van der Waals surface area contributed by atoms with Crippen molar-refractivity contribution in [2.45, 2.75) is 32.2 Å². The van der Waals surface area contributed by atoms with Crippen LogP contribution in [0.15, 0.2) is 36.4 Å². The number of rotatable bonds is 4. The number of carboxylic acids is 1. The number of allylic oxidation sites excluding steroid dienone is 2. The summed E-state index contributed by atoms with van der Waals surface area (Å²) in [5.41, 5.74) is 1.17. The first-order valence-corrected chi connectivity index (χ1v) is 6.92. The van der Waals surface area contributed by atoms with E-state index >= 15 is 0 Å². The van der Waals surface area contributed by atoms with Gasteiger partial charge in [0.1, 0.15) is 0 Å². The van der Waals surface area contributed by atoms with Crippen LogP contribution in [0.2, 0.25) is 0 Å². The quantitative estimate of drug-likeness (QED) is 0.829. The van der Waals surface area contributed by atoms with Gasteiger partial charge in [0.25, 0.3) is 0 Å². The molecule has 0 unspecified atom stereocenters. The molecule has 0 atom stereocenters. The fraction of sp³-hybridized carbons (Fsp3) is 0.375. The monoisotopic (exact) mass is 273 g/mol. The zero-order chi connectivity index (χ0) is 14.4. The summed E-state index contributed by atoms with van der Waals surface area (Å²) in [6.45, 7) is 0.447. The number of carboxylic acid groups (broad SMARTS) is 1. The van der Waals surface area contributed by atoms with Crippen LogP contribution in [0.3, 0.4) is 0 Å². The molecule has 0 aromatic heterocycles. The van der Waals surface area contributed by atoms with E-state index in [2.05, 4.69) is 17.5 Å². The van der Waals surface area contributed by atoms with Crippen molar-refractivity contribution in [1.29, 1.82) is 0 Å². The molecule has 1 aliphatic carbocycles. The van der Waals surface area contributed by atoms with E-state index in [0.29, 0.717) is 6.54 Å². The van der Waals surface area contributed by atoms with E-state index in [4.69, 9.17) is 5.11 Å². The Labute approximate surface area is 118 Å². The van der Waals surface area contributed by atoms with Gasteiger partial charge < -0.3 is 10.4 Å². The van der Waals surface area contributed by atoms with E-state index in [1.54, 1.807) is 24.3 Å². The van der Waals surface area contributed by atoms with Crippen molar-refractivity contribution in [2.75, 3.05) is 0 Å². The Balaban J connectivity index is 1.85. The molecule has 2 N–H and O–H groups in total. The zero-order valence-electron chi connectivity index (χ0n) is 11.3. The Bertz CT molecular complexity index is 495. The van der Waals surface area contributed by atoms with Gasteiger partial charge in [-0.25, -0.2) is 4.79 Å². The minimum atomic E-state index is -0.938. The van der Waals surface area contributed by atoms with Gasteiger partial charge in [-0.2, -0.15) is 0 Å². The molecule has 4 heteroatoms. The van der Waals surface area contributed by atoms with Gasteiger partial charge >= 0.3 is 5.97 Å². The standard InChI is InChI=1S/C16H19NO3/c18-15(13-5-3-1-2-4-6-13)17-11-12-7-9-14(10-8-12)16(19)20/h1-2,7-10,13H,3-6,11H2,(H,17,18)(H,19,20). The molecule has 1 aliphatic rings. The van der Waals surface area contributed by atoms with E-state index < -0.39 is 5.97 Å². The minimum absolute atomic E-state index is 0.0864. The number of carbonyl (C=O) groups is 2. The molecule has 0 bridgehead atoms. The molecule has 0 heterocycles. The van der Waals surface area contributed by atoms with Crippen LogP contribution in [-0.4, -0.2) is 17.0 Å².